The Morgan fingerprint density at radius 1 is 1.16 bits per heavy atom. The number of hydrogen-bond acceptors (Lipinski definition) is 8. The van der Waals surface area contributed by atoms with Crippen molar-refractivity contribution in [3.63, 3.8) is 0 Å². The molecule has 37 heavy (non-hydrogen) atoms. The van der Waals surface area contributed by atoms with Crippen molar-refractivity contribution >= 4 is 17.5 Å². The van der Waals surface area contributed by atoms with Crippen LogP contribution in [0.5, 0.6) is 0 Å². The van der Waals surface area contributed by atoms with E-state index in [1.807, 2.05) is 17.3 Å². The number of H-pyrrole nitrogens is 1. The van der Waals surface area contributed by atoms with Crippen LogP contribution < -0.4 is 15.8 Å². The van der Waals surface area contributed by atoms with E-state index < -0.39 is 29.0 Å². The molecule has 1 amide bonds. The minimum Gasteiger partial charge on any atom is -0.379 e. The summed E-state index contributed by atoms with van der Waals surface area (Å²) in [4.78, 5) is 37.8. The minimum atomic E-state index is -4.82. The summed E-state index contributed by atoms with van der Waals surface area (Å²) >= 11 is 0. The third kappa shape index (κ3) is 5.71. The van der Waals surface area contributed by atoms with E-state index in [0.29, 0.717) is 25.0 Å². The van der Waals surface area contributed by atoms with Crippen LogP contribution >= 0.6 is 0 Å². The molecular weight excluding hydrogens is 491 g/mol. The SMILES string of the molecule is C[C@@H](COCCC(=O)N1C2CCC1CN(c1ncc(C3CC3)cn1)C2)Nc1cn[nH]c(=O)c1C(F)(F)F. The maximum absolute atomic E-state index is 13.2. The Hall–Kier alpha value is -3.22. The summed E-state index contributed by atoms with van der Waals surface area (Å²) in [6, 6.07) is -0.336. The summed E-state index contributed by atoms with van der Waals surface area (Å²) < 4.78 is 45.2. The summed E-state index contributed by atoms with van der Waals surface area (Å²) in [5.74, 6) is 1.33. The van der Waals surface area contributed by atoms with Crippen molar-refractivity contribution in [3.8, 4) is 0 Å². The van der Waals surface area contributed by atoms with Crippen molar-refractivity contribution in [2.24, 2.45) is 0 Å². The Kier molecular flexibility index (Phi) is 7.06. The Morgan fingerprint density at radius 3 is 2.46 bits per heavy atom. The van der Waals surface area contributed by atoms with Gasteiger partial charge < -0.3 is 19.9 Å². The smallest absolute Gasteiger partial charge is 0.379 e. The van der Waals surface area contributed by atoms with Crippen LogP contribution in [-0.4, -0.2) is 75.4 Å². The van der Waals surface area contributed by atoms with Crippen molar-refractivity contribution in [1.29, 1.82) is 0 Å². The van der Waals surface area contributed by atoms with Crippen LogP contribution in [0.25, 0.3) is 0 Å². The molecule has 0 spiro atoms. The van der Waals surface area contributed by atoms with E-state index in [4.69, 9.17) is 4.74 Å². The Balaban J connectivity index is 1.08. The highest BCUT2D eigenvalue weighted by molar-refractivity contribution is 5.78. The van der Waals surface area contributed by atoms with Gasteiger partial charge in [-0.05, 0) is 44.1 Å². The van der Waals surface area contributed by atoms with Crippen molar-refractivity contribution < 1.29 is 22.7 Å². The van der Waals surface area contributed by atoms with Gasteiger partial charge in [-0.1, -0.05) is 0 Å². The lowest BCUT2D eigenvalue weighted by Crippen LogP contribution is -2.56. The summed E-state index contributed by atoms with van der Waals surface area (Å²) in [6.07, 6.45) is 4.40. The van der Waals surface area contributed by atoms with E-state index in [-0.39, 0.29) is 37.6 Å². The van der Waals surface area contributed by atoms with E-state index in [0.717, 1.165) is 19.0 Å². The molecule has 2 aliphatic heterocycles. The lowest BCUT2D eigenvalue weighted by Gasteiger charge is -2.41. The van der Waals surface area contributed by atoms with Gasteiger partial charge in [-0.3, -0.25) is 9.59 Å². The molecule has 1 saturated carbocycles. The highest BCUT2D eigenvalue weighted by Crippen LogP contribution is 2.40. The fourth-order valence-electron chi connectivity index (χ4n) is 5.24. The maximum atomic E-state index is 13.2. The molecule has 2 aromatic rings. The summed E-state index contributed by atoms with van der Waals surface area (Å²) in [6.45, 7) is 3.22. The van der Waals surface area contributed by atoms with Crippen LogP contribution in [-0.2, 0) is 15.7 Å². The molecule has 2 aromatic heterocycles. The molecule has 1 aliphatic carbocycles. The molecular formula is C24H30F3N7O3. The van der Waals surface area contributed by atoms with Gasteiger partial charge in [0.15, 0.2) is 0 Å². The second-order valence-electron chi connectivity index (χ2n) is 10.0. The van der Waals surface area contributed by atoms with Crippen molar-refractivity contribution in [1.82, 2.24) is 25.1 Å². The number of nitrogens with zero attached hydrogens (tertiary/aromatic N) is 5. The number of fused-ring (bicyclic) bond motifs is 2. The quantitative estimate of drug-likeness (QED) is 0.484. The lowest BCUT2D eigenvalue weighted by molar-refractivity contribution is -0.138. The van der Waals surface area contributed by atoms with Crippen LogP contribution in [0.4, 0.5) is 24.8 Å². The maximum Gasteiger partial charge on any atom is 0.423 e. The van der Waals surface area contributed by atoms with E-state index >= 15 is 0 Å². The number of anilines is 2. The number of ether oxygens (including phenoxy) is 1. The number of halogens is 3. The molecule has 13 heteroatoms. The fraction of sp³-hybridized carbons (Fsp3) is 0.625. The lowest BCUT2D eigenvalue weighted by atomic mass is 10.1. The van der Waals surface area contributed by atoms with E-state index in [1.165, 1.54) is 18.4 Å². The molecule has 5 rings (SSSR count). The van der Waals surface area contributed by atoms with E-state index in [1.54, 1.807) is 12.0 Å². The number of carbonyl (C=O) groups excluding carboxylic acids is 1. The number of amides is 1. The zero-order valence-electron chi connectivity index (χ0n) is 20.5. The molecule has 2 N–H and O–H groups in total. The number of piperazine rings is 1. The number of nitrogens with one attached hydrogen (secondary N) is 2. The third-order valence-electron chi connectivity index (χ3n) is 7.13. The largest absolute Gasteiger partial charge is 0.423 e. The van der Waals surface area contributed by atoms with Crippen LogP contribution in [0.1, 0.15) is 56.1 Å². The molecule has 200 valence electrons. The standard InChI is InChI=1S/C24H30F3N7O3/c1-14(31-19-10-30-32-22(36)21(19)24(25,26)27)13-37-7-6-20(35)34-17-4-5-18(34)12-33(11-17)23-28-8-16(9-29-23)15-2-3-15/h8-10,14-15,17-18H,2-7,11-13H2,1H3,(H2,31,32,36)/t14-,17?,18?/m0/s1. The summed E-state index contributed by atoms with van der Waals surface area (Å²) in [5, 5.41) is 7.86. The van der Waals surface area contributed by atoms with Crippen LogP contribution in [0, 0.1) is 0 Å². The van der Waals surface area contributed by atoms with Crippen molar-refractivity contribution in [3.05, 3.63) is 40.1 Å². The number of aromatic nitrogens is 4. The van der Waals surface area contributed by atoms with Gasteiger partial charge in [-0.15, -0.1) is 0 Å². The molecule has 0 radical (unpaired) electrons. The van der Waals surface area contributed by atoms with E-state index in [2.05, 4.69) is 25.3 Å². The van der Waals surface area contributed by atoms with Gasteiger partial charge in [0.2, 0.25) is 11.9 Å². The number of alkyl halides is 3. The molecule has 0 aromatic carbocycles. The Labute approximate surface area is 211 Å². The Bertz CT molecular complexity index is 1160. The molecule has 2 saturated heterocycles. The number of aromatic amines is 1. The fourth-order valence-corrected chi connectivity index (χ4v) is 5.24. The topological polar surface area (TPSA) is 116 Å². The minimum absolute atomic E-state index is 0.0101. The monoisotopic (exact) mass is 521 g/mol. The molecule has 2 unspecified atom stereocenters. The zero-order valence-corrected chi connectivity index (χ0v) is 20.5. The predicted molar refractivity (Wildman–Crippen MR) is 128 cm³/mol. The van der Waals surface area contributed by atoms with Gasteiger partial charge in [0.1, 0.15) is 5.56 Å². The average Bonchev–Trinajstić information content (AvgIpc) is 3.66. The highest BCUT2D eigenvalue weighted by Gasteiger charge is 2.43. The first-order valence-corrected chi connectivity index (χ1v) is 12.6. The molecule has 3 atom stereocenters. The number of carbonyl (C=O) groups is 1. The first kappa shape index (κ1) is 25.4. The van der Waals surface area contributed by atoms with Crippen LogP contribution in [0.2, 0.25) is 0 Å². The molecule has 2 bridgehead atoms. The van der Waals surface area contributed by atoms with Gasteiger partial charge >= 0.3 is 6.18 Å². The van der Waals surface area contributed by atoms with Gasteiger partial charge in [-0.2, -0.15) is 18.3 Å². The molecule has 3 aliphatic rings. The van der Waals surface area contributed by atoms with Crippen molar-refractivity contribution in [2.45, 2.75) is 69.2 Å². The molecule has 3 fully saturated rings. The normalized spacial score (nSPS) is 22.3. The first-order valence-electron chi connectivity index (χ1n) is 12.6. The number of rotatable bonds is 9. The molecule has 4 heterocycles. The van der Waals surface area contributed by atoms with Gasteiger partial charge in [0.25, 0.3) is 5.56 Å². The third-order valence-corrected chi connectivity index (χ3v) is 7.13. The average molecular weight is 522 g/mol. The highest BCUT2D eigenvalue weighted by atomic mass is 19.4. The van der Waals surface area contributed by atoms with Crippen LogP contribution in [0.3, 0.4) is 0 Å². The number of hydrogen-bond donors (Lipinski definition) is 2. The summed E-state index contributed by atoms with van der Waals surface area (Å²) in [7, 11) is 0. The van der Waals surface area contributed by atoms with Gasteiger partial charge in [0, 0.05) is 43.6 Å². The predicted octanol–water partition coefficient (Wildman–Crippen LogP) is 2.54. The summed E-state index contributed by atoms with van der Waals surface area (Å²) in [5.41, 5.74) is -1.86. The van der Waals surface area contributed by atoms with E-state index in [9.17, 15) is 22.8 Å². The molecule has 10 nitrogen and oxygen atoms in total. The zero-order chi connectivity index (χ0) is 26.2. The second-order valence-corrected chi connectivity index (χ2v) is 10.0. The van der Waals surface area contributed by atoms with Gasteiger partial charge in [-0.25, -0.2) is 15.1 Å². The van der Waals surface area contributed by atoms with Crippen LogP contribution in [0.15, 0.2) is 23.4 Å². The second kappa shape index (κ2) is 10.3. The first-order chi connectivity index (χ1) is 17.7. The van der Waals surface area contributed by atoms with Crippen molar-refractivity contribution in [2.75, 3.05) is 36.5 Å². The Morgan fingerprint density at radius 2 is 1.84 bits per heavy atom. The van der Waals surface area contributed by atoms with Gasteiger partial charge in [0.05, 0.1) is 31.5 Å².